The smallest absolute Gasteiger partial charge is 0.268 e. The number of rotatable bonds is 3. The predicted molar refractivity (Wildman–Crippen MR) is 105 cm³/mol. The molecule has 4 heterocycles. The first-order chi connectivity index (χ1) is 12.6. The molecule has 3 aromatic heterocycles. The number of hydrogen-bond donors (Lipinski definition) is 3. The Labute approximate surface area is 160 Å². The second kappa shape index (κ2) is 6.83. The highest BCUT2D eigenvalue weighted by atomic mass is 35.5. The van der Waals surface area contributed by atoms with Crippen LogP contribution in [0.1, 0.15) is 27.9 Å². The molecule has 0 aliphatic carbocycles. The minimum absolute atomic E-state index is 0.247. The fraction of sp³-hybridized carbons (Fsp3) is 0.278. The van der Waals surface area contributed by atoms with Gasteiger partial charge in [-0.05, 0) is 25.1 Å². The number of hydrogen-bond acceptors (Lipinski definition) is 5. The molecule has 1 atom stereocenters. The van der Waals surface area contributed by atoms with E-state index in [0.717, 1.165) is 42.0 Å². The van der Waals surface area contributed by atoms with E-state index in [1.165, 1.54) is 21.8 Å². The van der Waals surface area contributed by atoms with Crippen molar-refractivity contribution in [1.29, 1.82) is 0 Å². The van der Waals surface area contributed by atoms with Gasteiger partial charge >= 0.3 is 0 Å². The van der Waals surface area contributed by atoms with E-state index in [0.29, 0.717) is 16.3 Å². The van der Waals surface area contributed by atoms with E-state index in [2.05, 4.69) is 23.3 Å². The summed E-state index contributed by atoms with van der Waals surface area (Å²) in [5.41, 5.74) is 9.58. The Bertz CT molecular complexity index is 1000. The lowest BCUT2D eigenvalue weighted by molar-refractivity contribution is -0.914. The van der Waals surface area contributed by atoms with Crippen LogP contribution >= 0.6 is 22.9 Å². The average molecular weight is 389 g/mol. The Kier molecular flexibility index (Phi) is 4.52. The van der Waals surface area contributed by atoms with Crippen molar-refractivity contribution in [2.24, 2.45) is 0 Å². The number of amides is 1. The van der Waals surface area contributed by atoms with E-state index in [-0.39, 0.29) is 11.1 Å². The van der Waals surface area contributed by atoms with E-state index in [4.69, 9.17) is 22.3 Å². The van der Waals surface area contributed by atoms with Gasteiger partial charge in [-0.2, -0.15) is 0 Å². The number of aromatic nitrogens is 2. The number of nitrogens with one attached hydrogen (secondary N) is 2. The molecule has 3 aromatic rings. The second-order valence-corrected chi connectivity index (χ2v) is 7.73. The molecule has 4 N–H and O–H groups in total. The number of halogens is 1. The van der Waals surface area contributed by atoms with Gasteiger partial charge in [0.05, 0.1) is 30.2 Å². The monoisotopic (exact) mass is 388 g/mol. The lowest BCUT2D eigenvalue weighted by Gasteiger charge is -2.24. The van der Waals surface area contributed by atoms with Crippen molar-refractivity contribution in [1.82, 2.24) is 9.97 Å². The summed E-state index contributed by atoms with van der Waals surface area (Å²) in [5.74, 6) is -0.292. The number of likely N-dealkylation sites (N-methyl/N-ethyl adjacent to an activating group) is 1. The molecule has 1 amide bonds. The SMILES string of the molecule is CC[NH+]1CCc2nc3sc(C(=O)Nc4cccnc4Cl)c(N)c3cc2C1. The van der Waals surface area contributed by atoms with Gasteiger partial charge in [-0.25, -0.2) is 9.97 Å². The van der Waals surface area contributed by atoms with Gasteiger partial charge in [0.15, 0.2) is 5.15 Å². The summed E-state index contributed by atoms with van der Waals surface area (Å²) in [6.07, 6.45) is 2.53. The molecule has 26 heavy (non-hydrogen) atoms. The molecule has 1 aliphatic rings. The third kappa shape index (κ3) is 3.02. The first kappa shape index (κ1) is 17.2. The van der Waals surface area contributed by atoms with Crippen LogP contribution in [0.4, 0.5) is 11.4 Å². The number of nitrogen functional groups attached to an aromatic ring is 1. The highest BCUT2D eigenvalue weighted by Crippen LogP contribution is 2.35. The Hall–Kier alpha value is -2.22. The van der Waals surface area contributed by atoms with Crippen molar-refractivity contribution >= 4 is 50.4 Å². The third-order valence-electron chi connectivity index (χ3n) is 4.76. The largest absolute Gasteiger partial charge is 0.397 e. The number of pyridine rings is 2. The summed E-state index contributed by atoms with van der Waals surface area (Å²) in [6, 6.07) is 5.52. The summed E-state index contributed by atoms with van der Waals surface area (Å²) >= 11 is 7.34. The van der Waals surface area contributed by atoms with E-state index in [9.17, 15) is 4.79 Å². The first-order valence-corrected chi connectivity index (χ1v) is 9.72. The zero-order valence-corrected chi connectivity index (χ0v) is 15.9. The second-order valence-electron chi connectivity index (χ2n) is 6.37. The summed E-state index contributed by atoms with van der Waals surface area (Å²) < 4.78 is 0. The number of carbonyl (C=O) groups excluding carboxylic acids is 1. The zero-order valence-electron chi connectivity index (χ0n) is 14.3. The average Bonchev–Trinajstić information content (AvgIpc) is 2.97. The van der Waals surface area contributed by atoms with Crippen LogP contribution in [-0.2, 0) is 13.0 Å². The Morgan fingerprint density at radius 1 is 1.50 bits per heavy atom. The predicted octanol–water partition coefficient (Wildman–Crippen LogP) is 2.14. The Morgan fingerprint density at radius 2 is 2.35 bits per heavy atom. The van der Waals surface area contributed by atoms with Crippen molar-refractivity contribution in [2.75, 3.05) is 24.1 Å². The maximum atomic E-state index is 12.7. The van der Waals surface area contributed by atoms with Gasteiger partial charge < -0.3 is 16.0 Å². The van der Waals surface area contributed by atoms with Crippen LogP contribution in [-0.4, -0.2) is 29.0 Å². The Balaban J connectivity index is 1.69. The van der Waals surface area contributed by atoms with Gasteiger partial charge in [-0.3, -0.25) is 4.79 Å². The van der Waals surface area contributed by atoms with Crippen LogP contribution in [0, 0.1) is 0 Å². The van der Waals surface area contributed by atoms with Crippen molar-refractivity contribution < 1.29 is 9.69 Å². The van der Waals surface area contributed by atoms with Crippen LogP contribution in [0.2, 0.25) is 5.15 Å². The number of nitrogens with two attached hydrogens (primary N) is 1. The van der Waals surface area contributed by atoms with Crippen molar-refractivity contribution in [2.45, 2.75) is 19.9 Å². The topological polar surface area (TPSA) is 85.3 Å². The minimum atomic E-state index is -0.292. The molecule has 0 fully saturated rings. The highest BCUT2D eigenvalue weighted by Gasteiger charge is 2.24. The summed E-state index contributed by atoms with van der Waals surface area (Å²) in [4.78, 5) is 24.2. The molecule has 8 heteroatoms. The van der Waals surface area contributed by atoms with Crippen LogP contribution in [0.25, 0.3) is 10.2 Å². The zero-order chi connectivity index (χ0) is 18.3. The fourth-order valence-corrected chi connectivity index (χ4v) is 4.43. The van der Waals surface area contributed by atoms with Gasteiger partial charge in [-0.1, -0.05) is 11.6 Å². The lowest BCUT2D eigenvalue weighted by Crippen LogP contribution is -3.11. The van der Waals surface area contributed by atoms with E-state index >= 15 is 0 Å². The van der Waals surface area contributed by atoms with Crippen molar-refractivity contribution in [3.05, 3.63) is 45.7 Å². The molecule has 0 bridgehead atoms. The van der Waals surface area contributed by atoms with Gasteiger partial charge in [0.1, 0.15) is 16.3 Å². The summed E-state index contributed by atoms with van der Waals surface area (Å²) in [7, 11) is 0. The quantitative estimate of drug-likeness (QED) is 0.600. The minimum Gasteiger partial charge on any atom is -0.397 e. The standard InChI is InChI=1S/C18H18ClN5OS/c1-2-24-7-5-12-10(9-24)8-11-14(20)15(26-18(11)23-12)17(25)22-13-4-3-6-21-16(13)19/h3-4,6,8H,2,5,7,9,20H2,1H3,(H,22,25)/p+1. The molecular weight excluding hydrogens is 370 g/mol. The molecule has 6 nitrogen and oxygen atoms in total. The van der Waals surface area contributed by atoms with Crippen molar-refractivity contribution in [3.8, 4) is 0 Å². The molecular formula is C18H19ClN5OS+. The molecule has 0 saturated heterocycles. The number of fused-ring (bicyclic) bond motifs is 2. The summed E-state index contributed by atoms with van der Waals surface area (Å²) in [6.45, 7) is 5.33. The van der Waals surface area contributed by atoms with Gasteiger partial charge in [0.2, 0.25) is 0 Å². The van der Waals surface area contributed by atoms with E-state index in [1.807, 2.05) is 0 Å². The highest BCUT2D eigenvalue weighted by molar-refractivity contribution is 7.21. The maximum absolute atomic E-state index is 12.7. The van der Waals surface area contributed by atoms with E-state index < -0.39 is 0 Å². The molecule has 1 aliphatic heterocycles. The molecule has 0 radical (unpaired) electrons. The Morgan fingerprint density at radius 3 is 3.12 bits per heavy atom. The molecule has 134 valence electrons. The molecule has 0 spiro atoms. The van der Waals surface area contributed by atoms with Crippen molar-refractivity contribution in [3.63, 3.8) is 0 Å². The van der Waals surface area contributed by atoms with Crippen LogP contribution in [0.15, 0.2) is 24.4 Å². The molecule has 0 saturated carbocycles. The number of carbonyl (C=O) groups is 1. The number of nitrogens with zero attached hydrogens (tertiary/aromatic N) is 2. The van der Waals surface area contributed by atoms with Crippen LogP contribution in [0.5, 0.6) is 0 Å². The molecule has 1 unspecified atom stereocenters. The van der Waals surface area contributed by atoms with Gasteiger partial charge in [-0.15, -0.1) is 11.3 Å². The third-order valence-corrected chi connectivity index (χ3v) is 6.17. The normalized spacial score (nSPS) is 16.5. The molecule has 4 rings (SSSR count). The molecule has 0 aromatic carbocycles. The maximum Gasteiger partial charge on any atom is 0.268 e. The van der Waals surface area contributed by atoms with Gasteiger partial charge in [0.25, 0.3) is 5.91 Å². The van der Waals surface area contributed by atoms with Crippen LogP contribution in [0.3, 0.4) is 0 Å². The van der Waals surface area contributed by atoms with Crippen LogP contribution < -0.4 is 16.0 Å². The number of anilines is 2. The van der Waals surface area contributed by atoms with E-state index in [1.54, 1.807) is 18.3 Å². The fourth-order valence-electron chi connectivity index (χ4n) is 3.27. The summed E-state index contributed by atoms with van der Waals surface area (Å²) in [5, 5.41) is 3.88. The van der Waals surface area contributed by atoms with Gasteiger partial charge in [0, 0.05) is 23.6 Å². The first-order valence-electron chi connectivity index (χ1n) is 8.53. The number of quaternary nitrogens is 1. The lowest BCUT2D eigenvalue weighted by atomic mass is 10.0. The number of thiophene rings is 1.